The zero-order chi connectivity index (χ0) is 16.1. The largest absolute Gasteiger partial charge is 0.497 e. The van der Waals surface area contributed by atoms with E-state index >= 15 is 0 Å². The van der Waals surface area contributed by atoms with Crippen molar-refractivity contribution in [1.29, 1.82) is 0 Å². The van der Waals surface area contributed by atoms with Crippen molar-refractivity contribution in [3.05, 3.63) is 58.3 Å². The molecule has 2 aromatic rings. The summed E-state index contributed by atoms with van der Waals surface area (Å²) >= 11 is 0. The van der Waals surface area contributed by atoms with Crippen molar-refractivity contribution in [2.75, 3.05) is 7.11 Å². The topological polar surface area (TPSA) is 91.6 Å². The number of Topliss-reactive ketones (excluding diaryl/α,β-unsaturated/α-hetero) is 1. The summed E-state index contributed by atoms with van der Waals surface area (Å²) in [5.41, 5.74) is 0.430. The molecule has 0 N–H and O–H groups in total. The van der Waals surface area contributed by atoms with Crippen molar-refractivity contribution < 1.29 is 19.2 Å². The third-order valence-corrected chi connectivity index (χ3v) is 2.97. The van der Waals surface area contributed by atoms with Gasteiger partial charge in [0.2, 0.25) is 11.5 Å². The Bertz CT molecular complexity index is 685. The molecule has 0 amide bonds. The van der Waals surface area contributed by atoms with Gasteiger partial charge in [0.15, 0.2) is 6.10 Å². The van der Waals surface area contributed by atoms with Crippen molar-refractivity contribution in [2.24, 2.45) is 0 Å². The molecule has 0 bridgehead atoms. The number of ether oxygens (including phenoxy) is 2. The Balaban J connectivity index is 2.16. The van der Waals surface area contributed by atoms with Crippen LogP contribution in [0.3, 0.4) is 0 Å². The van der Waals surface area contributed by atoms with Crippen LogP contribution in [0.4, 0.5) is 5.82 Å². The van der Waals surface area contributed by atoms with Gasteiger partial charge >= 0.3 is 5.82 Å². The minimum atomic E-state index is -0.878. The molecule has 114 valence electrons. The predicted octanol–water partition coefficient (Wildman–Crippen LogP) is 2.65. The number of benzene rings is 1. The fraction of sp³-hybridized carbons (Fsp3) is 0.200. The van der Waals surface area contributed by atoms with Crippen LogP contribution in [0.1, 0.15) is 17.3 Å². The zero-order valence-electron chi connectivity index (χ0n) is 12.1. The highest BCUT2D eigenvalue weighted by molar-refractivity contribution is 5.99. The third kappa shape index (κ3) is 3.38. The Kier molecular flexibility index (Phi) is 4.67. The summed E-state index contributed by atoms with van der Waals surface area (Å²) in [4.78, 5) is 26.1. The summed E-state index contributed by atoms with van der Waals surface area (Å²) in [6.07, 6.45) is 0.414. The molecule has 0 spiro atoms. The first-order valence-electron chi connectivity index (χ1n) is 6.47. The van der Waals surface area contributed by atoms with Crippen molar-refractivity contribution in [3.8, 4) is 11.5 Å². The molecule has 0 saturated heterocycles. The third-order valence-electron chi connectivity index (χ3n) is 2.97. The van der Waals surface area contributed by atoms with Crippen LogP contribution in [-0.4, -0.2) is 28.9 Å². The molecule has 22 heavy (non-hydrogen) atoms. The van der Waals surface area contributed by atoms with E-state index in [1.807, 2.05) is 0 Å². The van der Waals surface area contributed by atoms with Gasteiger partial charge < -0.3 is 19.6 Å². The molecule has 0 radical (unpaired) electrons. The number of methoxy groups -OCH3 is 1. The molecule has 7 nitrogen and oxygen atoms in total. The van der Waals surface area contributed by atoms with Crippen LogP contribution >= 0.6 is 0 Å². The highest BCUT2D eigenvalue weighted by Gasteiger charge is 2.22. The van der Waals surface area contributed by atoms with E-state index in [1.165, 1.54) is 32.4 Å². The lowest BCUT2D eigenvalue weighted by Gasteiger charge is -2.13. The van der Waals surface area contributed by atoms with Gasteiger partial charge in [-0.05, 0) is 53.2 Å². The average Bonchev–Trinajstić information content (AvgIpc) is 2.54. The summed E-state index contributed by atoms with van der Waals surface area (Å²) in [6.45, 7) is 1.53. The number of aromatic nitrogens is 1. The molecule has 0 aliphatic rings. The van der Waals surface area contributed by atoms with Crippen molar-refractivity contribution in [1.82, 2.24) is 4.98 Å². The van der Waals surface area contributed by atoms with E-state index < -0.39 is 16.8 Å². The Hall–Kier alpha value is -2.96. The molecule has 1 heterocycles. The van der Waals surface area contributed by atoms with E-state index in [2.05, 4.69) is 4.98 Å². The van der Waals surface area contributed by atoms with Gasteiger partial charge in [-0.1, -0.05) is 0 Å². The fourth-order valence-electron chi connectivity index (χ4n) is 1.85. The summed E-state index contributed by atoms with van der Waals surface area (Å²) in [5.74, 6) is -0.118. The molecule has 1 unspecified atom stereocenters. The van der Waals surface area contributed by atoms with Gasteiger partial charge in [-0.2, -0.15) is 0 Å². The van der Waals surface area contributed by atoms with Gasteiger partial charge in [-0.15, -0.1) is 0 Å². The highest BCUT2D eigenvalue weighted by atomic mass is 16.6. The van der Waals surface area contributed by atoms with Crippen LogP contribution in [0.25, 0.3) is 0 Å². The number of hydrogen-bond acceptors (Lipinski definition) is 6. The minimum absolute atomic E-state index is 0.0399. The number of nitro groups is 1. The zero-order valence-corrected chi connectivity index (χ0v) is 12.1. The molecule has 0 aliphatic carbocycles. The standard InChI is InChI=1S/C15H14N2O5/c1-10(14(18)11-5-7-12(21-2)8-6-11)22-13-4-3-9-16-15(13)17(19)20/h3-10H,1-2H3. The maximum atomic E-state index is 12.3. The first kappa shape index (κ1) is 15.4. The quantitative estimate of drug-likeness (QED) is 0.463. The number of carbonyl (C=O) groups is 1. The second-order valence-electron chi connectivity index (χ2n) is 4.44. The van der Waals surface area contributed by atoms with Gasteiger partial charge in [0.25, 0.3) is 0 Å². The van der Waals surface area contributed by atoms with Gasteiger partial charge in [0.05, 0.1) is 7.11 Å². The van der Waals surface area contributed by atoms with E-state index in [9.17, 15) is 14.9 Å². The lowest BCUT2D eigenvalue weighted by atomic mass is 10.1. The molecule has 1 aromatic carbocycles. The fourth-order valence-corrected chi connectivity index (χ4v) is 1.85. The Morgan fingerprint density at radius 1 is 1.27 bits per heavy atom. The molecule has 2 rings (SSSR count). The van der Waals surface area contributed by atoms with Crippen LogP contribution in [0.2, 0.25) is 0 Å². The van der Waals surface area contributed by atoms with Crippen LogP contribution < -0.4 is 9.47 Å². The van der Waals surface area contributed by atoms with Gasteiger partial charge in [-0.3, -0.25) is 4.79 Å². The maximum Gasteiger partial charge on any atom is 0.406 e. The molecule has 0 saturated carbocycles. The number of ketones is 1. The van der Waals surface area contributed by atoms with Gasteiger partial charge in [-0.25, -0.2) is 0 Å². The highest BCUT2D eigenvalue weighted by Crippen LogP contribution is 2.25. The Morgan fingerprint density at radius 2 is 1.95 bits per heavy atom. The van der Waals surface area contributed by atoms with Crippen molar-refractivity contribution >= 4 is 11.6 Å². The minimum Gasteiger partial charge on any atom is -0.497 e. The Morgan fingerprint density at radius 3 is 2.55 bits per heavy atom. The van der Waals surface area contributed by atoms with Crippen molar-refractivity contribution in [2.45, 2.75) is 13.0 Å². The van der Waals surface area contributed by atoms with Gasteiger partial charge in [0.1, 0.15) is 11.9 Å². The monoisotopic (exact) mass is 302 g/mol. The first-order valence-corrected chi connectivity index (χ1v) is 6.47. The normalized spacial score (nSPS) is 11.5. The number of carbonyl (C=O) groups excluding carboxylic acids is 1. The molecule has 0 fully saturated rings. The first-order chi connectivity index (χ1) is 10.5. The average molecular weight is 302 g/mol. The number of rotatable bonds is 6. The summed E-state index contributed by atoms with van der Waals surface area (Å²) in [6, 6.07) is 9.45. The molecular weight excluding hydrogens is 288 g/mol. The number of nitrogens with zero attached hydrogens (tertiary/aromatic N) is 2. The molecule has 1 aromatic heterocycles. The molecular formula is C15H14N2O5. The summed E-state index contributed by atoms with van der Waals surface area (Å²) in [7, 11) is 1.53. The van der Waals surface area contributed by atoms with Crippen LogP contribution in [0.15, 0.2) is 42.6 Å². The van der Waals surface area contributed by atoms with E-state index in [4.69, 9.17) is 9.47 Å². The summed E-state index contributed by atoms with van der Waals surface area (Å²) < 4.78 is 10.4. The SMILES string of the molecule is COc1ccc(C(=O)C(C)Oc2cccnc2[N+](=O)[O-])cc1. The molecule has 7 heteroatoms. The molecule has 1 atom stereocenters. The van der Waals surface area contributed by atoms with Gasteiger partial charge in [0, 0.05) is 5.56 Å². The number of hydrogen-bond donors (Lipinski definition) is 0. The second kappa shape index (κ2) is 6.66. The van der Waals surface area contributed by atoms with Crippen LogP contribution in [0, 0.1) is 10.1 Å². The predicted molar refractivity (Wildman–Crippen MR) is 78.3 cm³/mol. The Labute approximate surface area is 126 Å². The second-order valence-corrected chi connectivity index (χ2v) is 4.44. The van der Waals surface area contributed by atoms with Crippen molar-refractivity contribution in [3.63, 3.8) is 0 Å². The van der Waals surface area contributed by atoms with E-state index in [0.29, 0.717) is 11.3 Å². The van der Waals surface area contributed by atoms with Crippen LogP contribution in [0.5, 0.6) is 11.5 Å². The van der Waals surface area contributed by atoms with Crippen LogP contribution in [-0.2, 0) is 0 Å². The van der Waals surface area contributed by atoms with E-state index in [0.717, 1.165) is 0 Å². The summed E-state index contributed by atoms with van der Waals surface area (Å²) in [5, 5.41) is 10.9. The maximum absolute atomic E-state index is 12.3. The number of pyridine rings is 1. The van der Waals surface area contributed by atoms with E-state index in [1.54, 1.807) is 24.3 Å². The lowest BCUT2D eigenvalue weighted by Crippen LogP contribution is -2.24. The lowest BCUT2D eigenvalue weighted by molar-refractivity contribution is -0.390. The molecule has 0 aliphatic heterocycles. The van der Waals surface area contributed by atoms with E-state index in [-0.39, 0.29) is 11.5 Å². The smallest absolute Gasteiger partial charge is 0.406 e.